The van der Waals surface area contributed by atoms with Gasteiger partial charge >= 0.3 is 0 Å². The molecule has 120 valence electrons. The molecule has 0 spiro atoms. The number of hydrogen-bond donors (Lipinski definition) is 2. The Morgan fingerprint density at radius 2 is 2.00 bits per heavy atom. The van der Waals surface area contributed by atoms with Crippen LogP contribution in [-0.4, -0.2) is 36.3 Å². The summed E-state index contributed by atoms with van der Waals surface area (Å²) < 4.78 is 0. The van der Waals surface area contributed by atoms with Crippen molar-refractivity contribution in [2.45, 2.75) is 32.6 Å². The van der Waals surface area contributed by atoms with Crippen molar-refractivity contribution in [3.63, 3.8) is 0 Å². The molecule has 1 aromatic carbocycles. The lowest BCUT2D eigenvalue weighted by atomic mass is 9.97. The fourth-order valence-corrected chi connectivity index (χ4v) is 2.79. The molecule has 2 rings (SSSR count). The average Bonchev–Trinajstić information content (AvgIpc) is 2.47. The van der Waals surface area contributed by atoms with Crippen LogP contribution in [0, 0.1) is 5.92 Å². The van der Waals surface area contributed by atoms with Gasteiger partial charge in [-0.25, -0.2) is 0 Å². The summed E-state index contributed by atoms with van der Waals surface area (Å²) in [6.45, 7) is 5.99. The first kappa shape index (κ1) is 16.5. The summed E-state index contributed by atoms with van der Waals surface area (Å²) in [6, 6.07) is 7.92. The zero-order valence-corrected chi connectivity index (χ0v) is 13.3. The molecule has 5 heteroatoms. The van der Waals surface area contributed by atoms with Crippen molar-refractivity contribution in [3.05, 3.63) is 29.8 Å². The number of nitrogens with zero attached hydrogens (tertiary/aromatic N) is 1. The first-order valence-electron chi connectivity index (χ1n) is 7.87. The average molecular weight is 303 g/mol. The molecule has 0 saturated carbocycles. The highest BCUT2D eigenvalue weighted by Gasteiger charge is 2.25. The summed E-state index contributed by atoms with van der Waals surface area (Å²) in [5, 5.41) is 2.90. The number of piperidine rings is 1. The van der Waals surface area contributed by atoms with Crippen LogP contribution in [0.2, 0.25) is 0 Å². The second-order valence-corrected chi connectivity index (χ2v) is 6.30. The van der Waals surface area contributed by atoms with Gasteiger partial charge in [0, 0.05) is 12.2 Å². The molecule has 0 aliphatic carbocycles. The molecule has 1 aromatic rings. The number of anilines is 1. The van der Waals surface area contributed by atoms with Gasteiger partial charge < -0.3 is 11.1 Å². The second-order valence-electron chi connectivity index (χ2n) is 6.30. The Morgan fingerprint density at radius 3 is 2.59 bits per heavy atom. The van der Waals surface area contributed by atoms with Crippen molar-refractivity contribution in [2.24, 2.45) is 11.7 Å². The molecule has 22 heavy (non-hydrogen) atoms. The maximum atomic E-state index is 12.1. The highest BCUT2D eigenvalue weighted by atomic mass is 16.2. The van der Waals surface area contributed by atoms with Gasteiger partial charge in [0.15, 0.2) is 0 Å². The van der Waals surface area contributed by atoms with Crippen molar-refractivity contribution in [2.75, 3.05) is 25.0 Å². The number of likely N-dealkylation sites (tertiary alicyclic amines) is 1. The van der Waals surface area contributed by atoms with E-state index in [1.807, 2.05) is 29.2 Å². The minimum atomic E-state index is -0.269. The molecule has 1 aliphatic heterocycles. The minimum Gasteiger partial charge on any atom is -0.369 e. The van der Waals surface area contributed by atoms with E-state index in [1.54, 1.807) is 0 Å². The lowest BCUT2D eigenvalue weighted by molar-refractivity contribution is -0.125. The van der Waals surface area contributed by atoms with Crippen molar-refractivity contribution < 1.29 is 9.59 Å². The van der Waals surface area contributed by atoms with Crippen LogP contribution >= 0.6 is 0 Å². The number of benzene rings is 1. The smallest absolute Gasteiger partial charge is 0.238 e. The van der Waals surface area contributed by atoms with Crippen molar-refractivity contribution in [3.8, 4) is 0 Å². The lowest BCUT2D eigenvalue weighted by Crippen LogP contribution is -2.44. The molecule has 3 N–H and O–H groups in total. The van der Waals surface area contributed by atoms with Gasteiger partial charge in [-0.1, -0.05) is 26.0 Å². The third kappa shape index (κ3) is 4.56. The predicted molar refractivity (Wildman–Crippen MR) is 87.5 cm³/mol. The number of nitrogens with one attached hydrogen (secondary N) is 1. The summed E-state index contributed by atoms with van der Waals surface area (Å²) in [4.78, 5) is 25.4. The molecule has 5 nitrogen and oxygen atoms in total. The second kappa shape index (κ2) is 7.40. The molecule has 0 aromatic heterocycles. The summed E-state index contributed by atoms with van der Waals surface area (Å²) >= 11 is 0. The number of rotatable bonds is 5. The number of hydrogen-bond acceptors (Lipinski definition) is 3. The molecular weight excluding hydrogens is 278 g/mol. The number of amides is 2. The SMILES string of the molecule is CC(C)c1ccc(NC(=O)CN2CCC[C@@H](C(N)=O)C2)cc1. The van der Waals surface area contributed by atoms with Gasteiger partial charge in [0.05, 0.1) is 12.5 Å². The molecule has 1 aliphatic rings. The molecule has 2 amide bonds. The first-order chi connectivity index (χ1) is 10.5. The van der Waals surface area contributed by atoms with Crippen molar-refractivity contribution in [1.29, 1.82) is 0 Å². The van der Waals surface area contributed by atoms with E-state index >= 15 is 0 Å². The zero-order chi connectivity index (χ0) is 16.1. The number of nitrogens with two attached hydrogens (primary N) is 1. The molecule has 1 heterocycles. The van der Waals surface area contributed by atoms with Gasteiger partial charge in [0.25, 0.3) is 0 Å². The Balaban J connectivity index is 1.86. The van der Waals surface area contributed by atoms with Crippen LogP contribution < -0.4 is 11.1 Å². The standard InChI is InChI=1S/C17H25N3O2/c1-12(2)13-5-7-15(8-6-13)19-16(21)11-20-9-3-4-14(10-20)17(18)22/h5-8,12,14H,3-4,9-11H2,1-2H3,(H2,18,22)(H,19,21)/t14-/m1/s1. The summed E-state index contributed by atoms with van der Waals surface area (Å²) in [5.74, 6) is 0.0208. The highest BCUT2D eigenvalue weighted by molar-refractivity contribution is 5.92. The Bertz CT molecular complexity index is 525. The fraction of sp³-hybridized carbons (Fsp3) is 0.529. The number of primary amides is 1. The largest absolute Gasteiger partial charge is 0.369 e. The van der Waals surface area contributed by atoms with Gasteiger partial charge in [0.1, 0.15) is 0 Å². The third-order valence-corrected chi connectivity index (χ3v) is 4.14. The molecular formula is C17H25N3O2. The van der Waals surface area contributed by atoms with Gasteiger partial charge in [0.2, 0.25) is 11.8 Å². The molecule has 0 radical (unpaired) electrons. The van der Waals surface area contributed by atoms with Gasteiger partial charge in [-0.2, -0.15) is 0 Å². The Morgan fingerprint density at radius 1 is 1.32 bits per heavy atom. The zero-order valence-electron chi connectivity index (χ0n) is 13.3. The van der Waals surface area contributed by atoms with E-state index in [0.29, 0.717) is 19.0 Å². The van der Waals surface area contributed by atoms with E-state index in [4.69, 9.17) is 5.73 Å². The Kier molecular flexibility index (Phi) is 5.55. The highest BCUT2D eigenvalue weighted by Crippen LogP contribution is 2.18. The van der Waals surface area contributed by atoms with Crippen LogP contribution in [0.4, 0.5) is 5.69 Å². The van der Waals surface area contributed by atoms with E-state index in [-0.39, 0.29) is 17.7 Å². The van der Waals surface area contributed by atoms with E-state index in [0.717, 1.165) is 25.1 Å². The monoisotopic (exact) mass is 303 g/mol. The van der Waals surface area contributed by atoms with Crippen LogP contribution in [0.3, 0.4) is 0 Å². The molecule has 0 bridgehead atoms. The summed E-state index contributed by atoms with van der Waals surface area (Å²) in [5.41, 5.74) is 7.41. The van der Waals surface area contributed by atoms with E-state index in [1.165, 1.54) is 5.56 Å². The van der Waals surface area contributed by atoms with Crippen LogP contribution in [0.1, 0.15) is 38.2 Å². The van der Waals surface area contributed by atoms with Crippen LogP contribution in [0.15, 0.2) is 24.3 Å². The lowest BCUT2D eigenvalue weighted by Gasteiger charge is -2.30. The maximum absolute atomic E-state index is 12.1. The predicted octanol–water partition coefficient (Wildman–Crippen LogP) is 1.95. The summed E-state index contributed by atoms with van der Waals surface area (Å²) in [7, 11) is 0. The number of carbonyl (C=O) groups excluding carboxylic acids is 2. The first-order valence-corrected chi connectivity index (χ1v) is 7.87. The topological polar surface area (TPSA) is 75.4 Å². The van der Waals surface area contributed by atoms with Crippen LogP contribution in [0.25, 0.3) is 0 Å². The molecule has 1 saturated heterocycles. The third-order valence-electron chi connectivity index (χ3n) is 4.14. The van der Waals surface area contributed by atoms with Crippen LogP contribution in [-0.2, 0) is 9.59 Å². The molecule has 1 atom stereocenters. The minimum absolute atomic E-state index is 0.0533. The number of carbonyl (C=O) groups is 2. The Labute approximate surface area is 131 Å². The normalized spacial score (nSPS) is 19.1. The van der Waals surface area contributed by atoms with E-state index < -0.39 is 0 Å². The Hall–Kier alpha value is -1.88. The van der Waals surface area contributed by atoms with Crippen LogP contribution in [0.5, 0.6) is 0 Å². The maximum Gasteiger partial charge on any atom is 0.238 e. The van der Waals surface area contributed by atoms with E-state index in [9.17, 15) is 9.59 Å². The van der Waals surface area contributed by atoms with Gasteiger partial charge in [-0.05, 0) is 43.0 Å². The van der Waals surface area contributed by atoms with Crippen molar-refractivity contribution in [1.82, 2.24) is 4.90 Å². The van der Waals surface area contributed by atoms with Gasteiger partial charge in [-0.3, -0.25) is 14.5 Å². The summed E-state index contributed by atoms with van der Waals surface area (Å²) in [6.07, 6.45) is 1.73. The van der Waals surface area contributed by atoms with Gasteiger partial charge in [-0.15, -0.1) is 0 Å². The molecule has 1 fully saturated rings. The molecule has 0 unspecified atom stereocenters. The fourth-order valence-electron chi connectivity index (χ4n) is 2.79. The van der Waals surface area contributed by atoms with Crippen molar-refractivity contribution >= 4 is 17.5 Å². The van der Waals surface area contributed by atoms with E-state index in [2.05, 4.69) is 19.2 Å². The quantitative estimate of drug-likeness (QED) is 0.873.